The van der Waals surface area contributed by atoms with E-state index in [0.717, 1.165) is 0 Å². The van der Waals surface area contributed by atoms with Crippen LogP contribution in [0, 0.1) is 0 Å². The summed E-state index contributed by atoms with van der Waals surface area (Å²) < 4.78 is 31.7. The average Bonchev–Trinajstić information content (AvgIpc) is 2.48. The zero-order chi connectivity index (χ0) is 16.2. The van der Waals surface area contributed by atoms with E-state index in [-0.39, 0.29) is 10.5 Å². The van der Waals surface area contributed by atoms with Gasteiger partial charge in [-0.1, -0.05) is 23.7 Å². The van der Waals surface area contributed by atoms with Crippen LogP contribution < -0.4 is 9.46 Å². The van der Waals surface area contributed by atoms with Crippen LogP contribution in [0.4, 0.5) is 0 Å². The number of ether oxygens (including phenoxy) is 1. The average molecular weight is 340 g/mol. The van der Waals surface area contributed by atoms with E-state index in [1.807, 2.05) is 4.72 Å². The Morgan fingerprint density at radius 1 is 1.14 bits per heavy atom. The van der Waals surface area contributed by atoms with Crippen molar-refractivity contribution < 1.29 is 17.9 Å². The number of hydrogen-bond donors (Lipinski definition) is 1. The van der Waals surface area contributed by atoms with E-state index >= 15 is 0 Å². The number of amides is 1. The molecule has 0 bridgehead atoms. The van der Waals surface area contributed by atoms with Gasteiger partial charge in [-0.15, -0.1) is 0 Å². The van der Waals surface area contributed by atoms with Crippen LogP contribution in [-0.2, 0) is 10.0 Å². The van der Waals surface area contributed by atoms with E-state index in [1.165, 1.54) is 30.3 Å². The monoisotopic (exact) mass is 339 g/mol. The molecule has 0 spiro atoms. The molecule has 0 fully saturated rings. The Hall–Kier alpha value is -2.05. The molecule has 0 saturated carbocycles. The second kappa shape index (κ2) is 6.81. The van der Waals surface area contributed by atoms with Crippen molar-refractivity contribution in [3.8, 4) is 5.75 Å². The van der Waals surface area contributed by atoms with Crippen LogP contribution in [0.5, 0.6) is 5.75 Å². The molecule has 0 aliphatic heterocycles. The first-order valence-corrected chi connectivity index (χ1v) is 8.34. The van der Waals surface area contributed by atoms with Gasteiger partial charge in [-0.3, -0.25) is 4.79 Å². The van der Waals surface area contributed by atoms with Crippen LogP contribution in [0.25, 0.3) is 0 Å². The summed E-state index contributed by atoms with van der Waals surface area (Å²) in [4.78, 5) is 12.2. The maximum Gasteiger partial charge on any atom is 0.268 e. The SMILES string of the molecule is CCOc1ccccc1C(=O)NS(=O)(=O)c1ccc(Cl)cc1. The first-order chi connectivity index (χ1) is 10.4. The molecule has 1 N–H and O–H groups in total. The van der Waals surface area contributed by atoms with E-state index in [0.29, 0.717) is 17.4 Å². The predicted octanol–water partition coefficient (Wildman–Crippen LogP) is 2.86. The first kappa shape index (κ1) is 16.3. The van der Waals surface area contributed by atoms with Gasteiger partial charge in [-0.05, 0) is 43.3 Å². The Kier molecular flexibility index (Phi) is 5.05. The Labute approximate surface area is 133 Å². The molecule has 1 amide bonds. The van der Waals surface area contributed by atoms with Gasteiger partial charge in [0.2, 0.25) is 0 Å². The fourth-order valence-corrected chi connectivity index (χ4v) is 2.88. The van der Waals surface area contributed by atoms with Crippen molar-refractivity contribution in [3.63, 3.8) is 0 Å². The third-order valence-corrected chi connectivity index (χ3v) is 4.38. The highest BCUT2D eigenvalue weighted by Crippen LogP contribution is 2.19. The minimum Gasteiger partial charge on any atom is -0.493 e. The maximum atomic E-state index is 12.2. The molecule has 0 atom stereocenters. The fraction of sp³-hybridized carbons (Fsp3) is 0.133. The summed E-state index contributed by atoms with van der Waals surface area (Å²) in [5, 5.41) is 0.409. The first-order valence-electron chi connectivity index (χ1n) is 6.48. The van der Waals surface area contributed by atoms with Crippen LogP contribution in [0.3, 0.4) is 0 Å². The van der Waals surface area contributed by atoms with E-state index in [1.54, 1.807) is 25.1 Å². The van der Waals surface area contributed by atoms with Gasteiger partial charge >= 0.3 is 0 Å². The van der Waals surface area contributed by atoms with Gasteiger partial charge < -0.3 is 4.74 Å². The molecule has 2 aromatic rings. The molecule has 7 heteroatoms. The largest absolute Gasteiger partial charge is 0.493 e. The molecular formula is C15H14ClNO4S. The molecule has 22 heavy (non-hydrogen) atoms. The van der Waals surface area contributed by atoms with E-state index < -0.39 is 15.9 Å². The van der Waals surface area contributed by atoms with Crippen LogP contribution in [0.2, 0.25) is 5.02 Å². The number of carbonyl (C=O) groups excluding carboxylic acids is 1. The molecule has 0 heterocycles. The highest BCUT2D eigenvalue weighted by molar-refractivity contribution is 7.90. The van der Waals surface area contributed by atoms with Crippen molar-refractivity contribution in [3.05, 3.63) is 59.1 Å². The molecule has 0 unspecified atom stereocenters. The predicted molar refractivity (Wildman–Crippen MR) is 83.7 cm³/mol. The van der Waals surface area contributed by atoms with E-state index in [4.69, 9.17) is 16.3 Å². The van der Waals surface area contributed by atoms with Crippen LogP contribution in [-0.4, -0.2) is 20.9 Å². The van der Waals surface area contributed by atoms with Crippen LogP contribution in [0.15, 0.2) is 53.4 Å². The molecule has 0 radical (unpaired) electrons. The van der Waals surface area contributed by atoms with Crippen molar-refractivity contribution in [2.45, 2.75) is 11.8 Å². The van der Waals surface area contributed by atoms with Crippen molar-refractivity contribution in [2.24, 2.45) is 0 Å². The maximum absolute atomic E-state index is 12.2. The topological polar surface area (TPSA) is 72.5 Å². The van der Waals surface area contributed by atoms with Gasteiger partial charge in [0, 0.05) is 5.02 Å². The highest BCUT2D eigenvalue weighted by atomic mass is 35.5. The van der Waals surface area contributed by atoms with Crippen LogP contribution in [0.1, 0.15) is 17.3 Å². The molecule has 0 aliphatic rings. The van der Waals surface area contributed by atoms with Gasteiger partial charge in [0.25, 0.3) is 15.9 Å². The molecule has 0 aromatic heterocycles. The Morgan fingerprint density at radius 3 is 2.41 bits per heavy atom. The van der Waals surface area contributed by atoms with E-state index in [9.17, 15) is 13.2 Å². The van der Waals surface area contributed by atoms with E-state index in [2.05, 4.69) is 0 Å². The quantitative estimate of drug-likeness (QED) is 0.909. The summed E-state index contributed by atoms with van der Waals surface area (Å²) in [5.74, 6) is -0.423. The lowest BCUT2D eigenvalue weighted by atomic mass is 10.2. The Morgan fingerprint density at radius 2 is 1.77 bits per heavy atom. The number of nitrogens with one attached hydrogen (secondary N) is 1. The van der Waals surface area contributed by atoms with Crippen molar-refractivity contribution in [1.29, 1.82) is 0 Å². The second-order valence-electron chi connectivity index (χ2n) is 4.32. The lowest BCUT2D eigenvalue weighted by molar-refractivity contribution is 0.0977. The van der Waals surface area contributed by atoms with Gasteiger partial charge in [-0.2, -0.15) is 0 Å². The molecular weight excluding hydrogens is 326 g/mol. The lowest BCUT2D eigenvalue weighted by Gasteiger charge is -2.11. The normalized spacial score (nSPS) is 11.0. The number of benzene rings is 2. The van der Waals surface area contributed by atoms with Gasteiger partial charge in [0.1, 0.15) is 5.75 Å². The van der Waals surface area contributed by atoms with Crippen molar-refractivity contribution >= 4 is 27.5 Å². The molecule has 2 aromatic carbocycles. The molecule has 0 aliphatic carbocycles. The zero-order valence-corrected chi connectivity index (χ0v) is 13.3. The summed E-state index contributed by atoms with van der Waals surface area (Å²) in [6.07, 6.45) is 0. The summed E-state index contributed by atoms with van der Waals surface area (Å²) in [6, 6.07) is 12.0. The summed E-state index contributed by atoms with van der Waals surface area (Å²) in [5.41, 5.74) is 0.155. The molecule has 116 valence electrons. The summed E-state index contributed by atoms with van der Waals surface area (Å²) in [7, 11) is -3.97. The smallest absolute Gasteiger partial charge is 0.268 e. The third-order valence-electron chi connectivity index (χ3n) is 2.78. The van der Waals surface area contributed by atoms with Gasteiger partial charge in [-0.25, -0.2) is 13.1 Å². The van der Waals surface area contributed by atoms with Crippen molar-refractivity contribution in [2.75, 3.05) is 6.61 Å². The number of rotatable bonds is 5. The molecule has 5 nitrogen and oxygen atoms in total. The minimum absolute atomic E-state index is 0.0425. The molecule has 2 rings (SSSR count). The van der Waals surface area contributed by atoms with Crippen LogP contribution >= 0.6 is 11.6 Å². The van der Waals surface area contributed by atoms with Gasteiger partial charge in [0.15, 0.2) is 0 Å². The third kappa shape index (κ3) is 3.78. The number of carbonyl (C=O) groups is 1. The second-order valence-corrected chi connectivity index (χ2v) is 6.44. The summed E-state index contributed by atoms with van der Waals surface area (Å²) in [6.45, 7) is 2.15. The lowest BCUT2D eigenvalue weighted by Crippen LogP contribution is -2.30. The summed E-state index contributed by atoms with van der Waals surface area (Å²) >= 11 is 5.72. The Balaban J connectivity index is 2.26. The number of para-hydroxylation sites is 1. The number of sulfonamides is 1. The number of hydrogen-bond acceptors (Lipinski definition) is 4. The number of halogens is 1. The highest BCUT2D eigenvalue weighted by Gasteiger charge is 2.20. The molecule has 0 saturated heterocycles. The van der Waals surface area contributed by atoms with Gasteiger partial charge in [0.05, 0.1) is 17.1 Å². The zero-order valence-electron chi connectivity index (χ0n) is 11.7. The standard InChI is InChI=1S/C15H14ClNO4S/c1-2-21-14-6-4-3-5-13(14)15(18)17-22(19,20)12-9-7-11(16)8-10-12/h3-10H,2H2,1H3,(H,17,18). The fourth-order valence-electron chi connectivity index (χ4n) is 1.79. The van der Waals surface area contributed by atoms with Crippen molar-refractivity contribution in [1.82, 2.24) is 4.72 Å². The minimum atomic E-state index is -3.97. The Bertz CT molecular complexity index is 772.